The molecule has 43 nitrogen and oxygen atoms in total. The molecule has 0 saturated carbocycles. The number of ether oxygens (including phenoxy) is 2. The molecule has 754 valence electrons. The Hall–Kier alpha value is -13.8. The molecular formula is C94H105N15O28P6. The average Bonchev–Trinajstić information content (AvgIpc) is 0.824. The zero-order valence-electron chi connectivity index (χ0n) is 79.9. The van der Waals surface area contributed by atoms with E-state index in [9.17, 15) is 94.7 Å². The molecule has 4 unspecified atom stereocenters. The molecule has 0 fully saturated rings. The Labute approximate surface area is 816 Å². The van der Waals surface area contributed by atoms with Gasteiger partial charge in [-0.05, 0) is 107 Å². The van der Waals surface area contributed by atoms with E-state index in [0.717, 1.165) is 6.66 Å². The van der Waals surface area contributed by atoms with Crippen LogP contribution in [-0.4, -0.2) is 186 Å². The second-order valence-corrected chi connectivity index (χ2v) is 45.2. The predicted molar refractivity (Wildman–Crippen MR) is 542 cm³/mol. The summed E-state index contributed by atoms with van der Waals surface area (Å²) in [6.07, 6.45) is -0.362. The van der Waals surface area contributed by atoms with Crippen LogP contribution in [0.1, 0.15) is 114 Å². The molecule has 0 aliphatic carbocycles. The molecule has 6 aromatic heterocycles. The Kier molecular flexibility index (Phi) is 39.6. The lowest BCUT2D eigenvalue weighted by Gasteiger charge is -2.17. The third-order valence-corrected chi connectivity index (χ3v) is 28.2. The third kappa shape index (κ3) is 31.3. The first-order valence-electron chi connectivity index (χ1n) is 43.4. The summed E-state index contributed by atoms with van der Waals surface area (Å²) in [7, 11) is -12.1. The largest absolute Gasteiger partial charge is 0.467 e. The number of carbonyl (C=O) groups is 6. The molecule has 4 atom stereocenters. The highest BCUT2D eigenvalue weighted by Gasteiger charge is 2.33. The van der Waals surface area contributed by atoms with Crippen LogP contribution in [0.2, 0.25) is 0 Å². The molecule has 0 bridgehead atoms. The summed E-state index contributed by atoms with van der Waals surface area (Å²) in [6.45, 7) is 17.5. The smallest absolute Gasteiger partial charge is 0.435 e. The molecule has 49 heteroatoms. The Balaban J connectivity index is 0.000000193. The van der Waals surface area contributed by atoms with Crippen LogP contribution in [-0.2, 0) is 102 Å². The fourth-order valence-electron chi connectivity index (χ4n) is 13.2. The average molecular weight is 2080 g/mol. The summed E-state index contributed by atoms with van der Waals surface area (Å²) in [5.41, 5.74) is 2.89. The Morgan fingerprint density at radius 2 is 0.573 bits per heavy atom. The minimum Gasteiger partial charge on any atom is -0.467 e. The topological polar surface area (TPSA) is 576 Å². The zero-order chi connectivity index (χ0) is 105. The van der Waals surface area contributed by atoms with Crippen molar-refractivity contribution in [3.05, 3.63) is 327 Å². The van der Waals surface area contributed by atoms with Crippen molar-refractivity contribution in [1.29, 1.82) is 0 Å². The van der Waals surface area contributed by atoms with Crippen molar-refractivity contribution in [1.82, 2.24) is 72.6 Å². The van der Waals surface area contributed by atoms with Crippen LogP contribution in [0.25, 0.3) is 77.7 Å². The maximum atomic E-state index is 12.5. The van der Waals surface area contributed by atoms with E-state index in [2.05, 4.69) is 48.1 Å². The van der Waals surface area contributed by atoms with Gasteiger partial charge < -0.3 is 60.6 Å². The van der Waals surface area contributed by atoms with E-state index in [1.807, 2.05) is 23.3 Å². The molecule has 0 aliphatic heterocycles. The van der Waals surface area contributed by atoms with Gasteiger partial charge in [0.2, 0.25) is 7.37 Å². The maximum Gasteiger partial charge on any atom is 0.435 e. The van der Waals surface area contributed by atoms with Gasteiger partial charge in [-0.25, -0.2) is 39.0 Å². The minimum atomic E-state index is -4.61. The Morgan fingerprint density at radius 3 is 0.867 bits per heavy atom. The van der Waals surface area contributed by atoms with E-state index in [1.54, 1.807) is 248 Å². The van der Waals surface area contributed by atoms with E-state index >= 15 is 0 Å². The molecule has 6 N–H and O–H groups in total. The van der Waals surface area contributed by atoms with E-state index in [4.69, 9.17) is 37.0 Å². The Bertz CT molecular complexity index is 7890. The van der Waals surface area contributed by atoms with E-state index in [-0.39, 0.29) is 78.7 Å². The molecule has 14 aromatic rings. The van der Waals surface area contributed by atoms with Crippen molar-refractivity contribution in [2.45, 2.75) is 40.0 Å². The number of para-hydroxylation sites is 12. The summed E-state index contributed by atoms with van der Waals surface area (Å²) in [5.74, 6) is -3.87. The lowest BCUT2D eigenvalue weighted by molar-refractivity contribution is 0.0771. The Morgan fingerprint density at radius 1 is 0.322 bits per heavy atom. The highest BCUT2D eigenvalue weighted by molar-refractivity contribution is 7.62. The number of benzene rings is 8. The number of hydrogen-bond acceptors (Lipinski definition) is 31. The number of nitrogens with one attached hydrogen (secondary N) is 3. The molecule has 3 amide bonds. The van der Waals surface area contributed by atoms with E-state index < -0.39 is 139 Å². The van der Waals surface area contributed by atoms with Crippen molar-refractivity contribution >= 4 is 158 Å². The van der Waals surface area contributed by atoms with Gasteiger partial charge in [0.25, 0.3) is 58.6 Å². The van der Waals surface area contributed by atoms with Gasteiger partial charge in [0.1, 0.15) is 11.5 Å². The number of carbonyl (C=O) groups excluding carboxylic acids is 6. The van der Waals surface area contributed by atoms with Crippen molar-refractivity contribution in [3.63, 3.8) is 0 Å². The van der Waals surface area contributed by atoms with Crippen molar-refractivity contribution in [2.24, 2.45) is 42.3 Å². The van der Waals surface area contributed by atoms with Crippen molar-refractivity contribution in [2.75, 3.05) is 78.6 Å². The molecule has 0 radical (unpaired) electrons. The third-order valence-electron chi connectivity index (χ3n) is 20.5. The first-order valence-corrected chi connectivity index (χ1v) is 55.4. The van der Waals surface area contributed by atoms with Gasteiger partial charge in [0.15, 0.2) is 65.1 Å². The van der Waals surface area contributed by atoms with Gasteiger partial charge in [-0.1, -0.05) is 147 Å². The summed E-state index contributed by atoms with van der Waals surface area (Å²) in [6, 6.07) is 59.5. The molecular weight excluding hydrogens is 1970 g/mol. The molecule has 0 saturated heterocycles. The molecule has 6 heterocycles. The molecule has 8 aromatic carbocycles. The number of ketones is 3. The lowest BCUT2D eigenvalue weighted by atomic mass is 10.2. The van der Waals surface area contributed by atoms with Gasteiger partial charge in [0.05, 0.1) is 99.3 Å². The second kappa shape index (κ2) is 50.2. The SMILES string of the molecule is C=C(OCOP(=O)(O)CCC(=O)c1nc2ccccc2n(C)c1=O)c1ccccc1.C=C(OCOP(=O)(O)NC(=O)c1nc2ccccc2n(C)c1=O)c1ccccc1.CCOP(=O)(NC(=O)c1nc2ccccc2n(C)c1=O)OCC.CCOP(C)(=O)CCC(=O)c1nc2ccccc2n(C)c1=O.Cn1c(=O)c(C(=O)CCP(C)(C)=O)nc2ccccc21.Cn1c(=O)c(C(=O)NP(C)(=O)O)nc2ccccc21. The van der Waals surface area contributed by atoms with E-state index in [1.165, 1.54) is 55.2 Å². The first-order chi connectivity index (χ1) is 67.4. The maximum absolute atomic E-state index is 12.5. The predicted octanol–water partition coefficient (Wildman–Crippen LogP) is 12.7. The number of hydrogen-bond donors (Lipinski definition) is 6. The number of aromatic nitrogens is 12. The number of amides is 3. The number of Topliss-reactive ketones (excluding diaryl/α,β-unsaturated/α-hetero) is 3. The quantitative estimate of drug-likeness (QED) is 0.00944. The number of fused-ring (bicyclic) bond motifs is 6. The summed E-state index contributed by atoms with van der Waals surface area (Å²) >= 11 is 0. The molecule has 143 heavy (non-hydrogen) atoms. The summed E-state index contributed by atoms with van der Waals surface area (Å²) in [4.78, 5) is 200. The van der Waals surface area contributed by atoms with Gasteiger partial charge in [-0.2, -0.15) is 0 Å². The van der Waals surface area contributed by atoms with Gasteiger partial charge in [-0.15, -0.1) is 0 Å². The van der Waals surface area contributed by atoms with Crippen LogP contribution in [0.3, 0.4) is 0 Å². The van der Waals surface area contributed by atoms with Gasteiger partial charge in [-0.3, -0.25) is 105 Å². The number of rotatable bonds is 34. The summed E-state index contributed by atoms with van der Waals surface area (Å²) < 4.78 is 115. The normalized spacial score (nSPS) is 12.9. The fourth-order valence-corrected chi connectivity index (χ4v) is 18.4. The zero-order valence-corrected chi connectivity index (χ0v) is 85.3. The van der Waals surface area contributed by atoms with Crippen molar-refractivity contribution < 1.29 is 103 Å². The van der Waals surface area contributed by atoms with Crippen LogP contribution in [0.15, 0.2) is 248 Å². The van der Waals surface area contributed by atoms with Crippen LogP contribution in [0, 0.1) is 0 Å². The standard InChI is InChI=1S/C21H21N2O6P.C19H18N3O6P.C15H19N2O4P.C14H18N3O5P.C14H17N2O3P.C11H12N3O4P/c1-15(16-8-4-3-5-9-16)28-14-29-30(26,27)13-12-19(24)20-21(25)23(2)18-11-7-6-10-17(18)22-20;1-13(14-8-4-3-5-9-14)27-12-28-29(25,26)21-18(23)17-19(24)22(2)16-11-7-6-10-15(16)20-17;1-4-21-22(3,20)10-9-13(18)14-15(19)17(2)12-8-6-5-7-11(12)16-14;1-4-21-23(20,22-5-2)16-13(18)12-14(19)17(3)11-9-7-6-8-10(11)15-12;1-16-11-7-5-4-6-10(11)15-13(14(16)18)12(17)8-9-20(2,3)19;1-14-8-6-4-3-5-7(8)12-9(11(14)16)10(15)13-19(2,17)18/h3-11H,1,12-14H2,2H3,(H,26,27);3-11H,1,12H2,2H3,(H2,21,23,25,26);5-8H,4,9-10H2,1-3H3;6-9H,4-5H2,1-3H3,(H,16,18,20);4-7H,8-9H2,1-3H3;3-6H,1-2H3,(H2,13,15,17,18). The van der Waals surface area contributed by atoms with Crippen molar-refractivity contribution in [3.8, 4) is 0 Å². The van der Waals surface area contributed by atoms with Crippen LogP contribution < -0.4 is 48.6 Å². The monoisotopic (exact) mass is 2080 g/mol. The fraction of sp³-hybridized carbons (Fsp3) is 0.255. The summed E-state index contributed by atoms with van der Waals surface area (Å²) in [5, 5.41) is 5.79. The minimum absolute atomic E-state index is 0.0195. The van der Waals surface area contributed by atoms with Gasteiger partial charge >= 0.3 is 23.1 Å². The van der Waals surface area contributed by atoms with Gasteiger partial charge in [0, 0.05) is 98.3 Å². The van der Waals surface area contributed by atoms with Crippen LogP contribution >= 0.6 is 45.1 Å². The molecule has 0 aliphatic rings. The number of nitrogens with zero attached hydrogens (tertiary/aromatic N) is 12. The number of aryl methyl sites for hydroxylation is 6. The van der Waals surface area contributed by atoms with E-state index in [0.29, 0.717) is 90.1 Å². The van der Waals surface area contributed by atoms with Crippen LogP contribution in [0.4, 0.5) is 0 Å². The van der Waals surface area contributed by atoms with Crippen LogP contribution in [0.5, 0.6) is 0 Å². The second-order valence-electron chi connectivity index (χ2n) is 31.6. The highest BCUT2D eigenvalue weighted by Crippen LogP contribution is 2.46. The molecule has 14 rings (SSSR count). The lowest BCUT2D eigenvalue weighted by Crippen LogP contribution is -2.33. The first kappa shape index (κ1) is 113. The highest BCUT2D eigenvalue weighted by atomic mass is 31.2. The molecule has 0 spiro atoms.